The SMILES string of the molecule is Cc1n[nH]c(C)c1-c1cccnc1C(=O)N1C[C@H]2C[C@H]2[C@H]1CNc1nc2ccccc2o1. The van der Waals surface area contributed by atoms with Crippen molar-refractivity contribution >= 4 is 23.0 Å². The van der Waals surface area contributed by atoms with E-state index in [1.54, 1.807) is 6.20 Å². The molecule has 3 atom stereocenters. The summed E-state index contributed by atoms with van der Waals surface area (Å²) in [5.41, 5.74) is 5.63. The number of amides is 1. The number of fused-ring (bicyclic) bond motifs is 2. The van der Waals surface area contributed by atoms with Crippen molar-refractivity contribution in [1.82, 2.24) is 25.1 Å². The Morgan fingerprint density at radius 2 is 2.12 bits per heavy atom. The van der Waals surface area contributed by atoms with Crippen molar-refractivity contribution in [2.45, 2.75) is 26.3 Å². The van der Waals surface area contributed by atoms with E-state index < -0.39 is 0 Å². The number of benzene rings is 1. The smallest absolute Gasteiger partial charge is 0.295 e. The molecule has 4 heterocycles. The molecule has 6 rings (SSSR count). The molecule has 2 N–H and O–H groups in total. The van der Waals surface area contributed by atoms with E-state index in [1.807, 2.05) is 55.1 Å². The molecule has 8 nitrogen and oxygen atoms in total. The standard InChI is InChI=1S/C24H24N6O2/c1-13-21(14(2)29-28-13)16-6-5-9-25-22(16)23(31)30-12-15-10-17(15)19(30)11-26-24-27-18-7-3-4-8-20(18)32-24/h3-9,15,17,19H,10-12H2,1-2H3,(H,26,27)(H,28,29)/t15-,17-,19-/m1/s1. The van der Waals surface area contributed by atoms with Crippen molar-refractivity contribution in [2.75, 3.05) is 18.4 Å². The Labute approximate surface area is 185 Å². The van der Waals surface area contributed by atoms with Crippen LogP contribution in [0.2, 0.25) is 0 Å². The number of aryl methyl sites for hydroxylation is 2. The second-order valence-corrected chi connectivity index (χ2v) is 8.76. The van der Waals surface area contributed by atoms with Crippen LogP contribution < -0.4 is 5.32 Å². The van der Waals surface area contributed by atoms with Crippen molar-refractivity contribution in [3.05, 3.63) is 59.7 Å². The van der Waals surface area contributed by atoms with Gasteiger partial charge in [-0.25, -0.2) is 0 Å². The van der Waals surface area contributed by atoms with E-state index in [0.29, 0.717) is 30.1 Å². The van der Waals surface area contributed by atoms with Gasteiger partial charge in [-0.15, -0.1) is 0 Å². The largest absolute Gasteiger partial charge is 0.424 e. The van der Waals surface area contributed by atoms with Gasteiger partial charge in [-0.3, -0.25) is 14.9 Å². The maximum atomic E-state index is 13.7. The first kappa shape index (κ1) is 19.0. The third-order valence-electron chi connectivity index (χ3n) is 6.73. The van der Waals surface area contributed by atoms with Gasteiger partial charge in [0.05, 0.1) is 11.7 Å². The maximum Gasteiger partial charge on any atom is 0.295 e. The van der Waals surface area contributed by atoms with Crippen molar-refractivity contribution in [3.8, 4) is 11.1 Å². The molecule has 32 heavy (non-hydrogen) atoms. The number of nitrogens with zero attached hydrogens (tertiary/aromatic N) is 4. The summed E-state index contributed by atoms with van der Waals surface area (Å²) in [6, 6.07) is 12.1. The highest BCUT2D eigenvalue weighted by Crippen LogP contribution is 2.50. The van der Waals surface area contributed by atoms with E-state index in [0.717, 1.165) is 40.2 Å². The lowest BCUT2D eigenvalue weighted by atomic mass is 10.0. The summed E-state index contributed by atoms with van der Waals surface area (Å²) in [5, 5.41) is 10.6. The van der Waals surface area contributed by atoms with Gasteiger partial charge in [0.2, 0.25) is 0 Å². The Hall–Kier alpha value is -3.68. The fraction of sp³-hybridized carbons (Fsp3) is 0.333. The number of hydrogen-bond acceptors (Lipinski definition) is 6. The molecule has 0 spiro atoms. The zero-order chi connectivity index (χ0) is 21.8. The van der Waals surface area contributed by atoms with E-state index in [1.165, 1.54) is 6.42 Å². The normalized spacial score (nSPS) is 21.7. The average molecular weight is 428 g/mol. The molecule has 2 aliphatic rings. The van der Waals surface area contributed by atoms with E-state index in [4.69, 9.17) is 4.42 Å². The molecule has 0 bridgehead atoms. The second-order valence-electron chi connectivity index (χ2n) is 8.76. The number of carbonyl (C=O) groups excluding carboxylic acids is 1. The van der Waals surface area contributed by atoms with Crippen LogP contribution in [0.15, 0.2) is 47.0 Å². The number of nitrogens with one attached hydrogen (secondary N) is 2. The van der Waals surface area contributed by atoms with Crippen LogP contribution in [0.4, 0.5) is 6.01 Å². The van der Waals surface area contributed by atoms with Gasteiger partial charge in [0, 0.05) is 36.1 Å². The van der Waals surface area contributed by atoms with E-state index in [-0.39, 0.29) is 11.9 Å². The fourth-order valence-electron chi connectivity index (χ4n) is 5.07. The molecule has 1 saturated carbocycles. The predicted molar refractivity (Wildman–Crippen MR) is 120 cm³/mol. The number of pyridine rings is 1. The molecule has 1 amide bonds. The van der Waals surface area contributed by atoms with Crippen LogP contribution in [0.3, 0.4) is 0 Å². The second kappa shape index (κ2) is 7.19. The number of para-hydroxylation sites is 2. The quantitative estimate of drug-likeness (QED) is 0.502. The maximum absolute atomic E-state index is 13.7. The molecule has 1 saturated heterocycles. The minimum Gasteiger partial charge on any atom is -0.424 e. The third-order valence-corrected chi connectivity index (χ3v) is 6.73. The fourth-order valence-corrected chi connectivity index (χ4v) is 5.07. The Kier molecular flexibility index (Phi) is 4.28. The molecule has 1 aromatic carbocycles. The first-order valence-electron chi connectivity index (χ1n) is 11.0. The van der Waals surface area contributed by atoms with Crippen LogP contribution in [-0.4, -0.2) is 50.1 Å². The topological polar surface area (TPSA) is 99.9 Å². The van der Waals surface area contributed by atoms with Crippen LogP contribution in [0.1, 0.15) is 28.3 Å². The van der Waals surface area contributed by atoms with Crippen LogP contribution in [0.5, 0.6) is 0 Å². The highest BCUT2D eigenvalue weighted by Gasteiger charge is 2.54. The van der Waals surface area contributed by atoms with Crippen molar-refractivity contribution in [2.24, 2.45) is 11.8 Å². The summed E-state index contributed by atoms with van der Waals surface area (Å²) >= 11 is 0. The van der Waals surface area contributed by atoms with Crippen molar-refractivity contribution in [1.29, 1.82) is 0 Å². The van der Waals surface area contributed by atoms with Gasteiger partial charge in [0.15, 0.2) is 5.58 Å². The van der Waals surface area contributed by atoms with Gasteiger partial charge in [0.25, 0.3) is 11.9 Å². The molecule has 8 heteroatoms. The third kappa shape index (κ3) is 3.05. The molecule has 1 aliphatic heterocycles. The highest BCUT2D eigenvalue weighted by atomic mass is 16.4. The lowest BCUT2D eigenvalue weighted by Gasteiger charge is -2.28. The van der Waals surface area contributed by atoms with Crippen LogP contribution in [0.25, 0.3) is 22.2 Å². The monoisotopic (exact) mass is 428 g/mol. The molecule has 0 unspecified atom stereocenters. The number of rotatable bonds is 5. The van der Waals surface area contributed by atoms with Crippen molar-refractivity contribution in [3.63, 3.8) is 0 Å². The van der Waals surface area contributed by atoms with Gasteiger partial charge in [-0.1, -0.05) is 18.2 Å². The number of carbonyl (C=O) groups is 1. The van der Waals surface area contributed by atoms with E-state index >= 15 is 0 Å². The average Bonchev–Trinajstić information content (AvgIpc) is 3.13. The molecule has 1 aliphatic carbocycles. The number of likely N-dealkylation sites (tertiary alicyclic amines) is 1. The summed E-state index contributed by atoms with van der Waals surface area (Å²) < 4.78 is 5.80. The zero-order valence-electron chi connectivity index (χ0n) is 18.0. The molecule has 162 valence electrons. The van der Waals surface area contributed by atoms with Crippen LogP contribution >= 0.6 is 0 Å². The number of oxazole rings is 1. The molecule has 0 radical (unpaired) electrons. The number of hydrogen-bond donors (Lipinski definition) is 2. The number of H-pyrrole nitrogens is 1. The predicted octanol–water partition coefficient (Wildman–Crippen LogP) is 3.80. The first-order valence-corrected chi connectivity index (χ1v) is 11.0. The van der Waals surface area contributed by atoms with E-state index in [9.17, 15) is 4.79 Å². The van der Waals surface area contributed by atoms with Crippen LogP contribution in [0, 0.1) is 25.7 Å². The summed E-state index contributed by atoms with van der Waals surface area (Å²) in [4.78, 5) is 24.7. The molecule has 2 fully saturated rings. The van der Waals surface area contributed by atoms with Gasteiger partial charge >= 0.3 is 0 Å². The van der Waals surface area contributed by atoms with E-state index in [2.05, 4.69) is 25.5 Å². The van der Waals surface area contributed by atoms with Gasteiger partial charge in [-0.05, 0) is 50.3 Å². The Bertz CT molecular complexity index is 1270. The number of aromatic amines is 1. The minimum absolute atomic E-state index is 0.0304. The molecule has 3 aromatic heterocycles. The lowest BCUT2D eigenvalue weighted by Crippen LogP contribution is -2.43. The summed E-state index contributed by atoms with van der Waals surface area (Å²) in [6.07, 6.45) is 2.85. The van der Waals surface area contributed by atoms with Gasteiger partial charge in [0.1, 0.15) is 11.2 Å². The number of aromatic nitrogens is 4. The Morgan fingerprint density at radius 1 is 1.25 bits per heavy atom. The Morgan fingerprint density at radius 3 is 2.94 bits per heavy atom. The summed E-state index contributed by atoms with van der Waals surface area (Å²) in [7, 11) is 0. The van der Waals surface area contributed by atoms with Gasteiger partial charge < -0.3 is 14.6 Å². The molecular weight excluding hydrogens is 404 g/mol. The summed E-state index contributed by atoms with van der Waals surface area (Å²) in [5.74, 6) is 1.05. The lowest BCUT2D eigenvalue weighted by molar-refractivity contribution is 0.0710. The number of anilines is 1. The first-order chi connectivity index (χ1) is 15.6. The number of piperidine rings is 1. The Balaban J connectivity index is 1.26. The molecule has 4 aromatic rings. The zero-order valence-corrected chi connectivity index (χ0v) is 18.0. The van der Waals surface area contributed by atoms with Crippen LogP contribution in [-0.2, 0) is 0 Å². The van der Waals surface area contributed by atoms with Crippen molar-refractivity contribution < 1.29 is 9.21 Å². The highest BCUT2D eigenvalue weighted by molar-refractivity contribution is 6.00. The van der Waals surface area contributed by atoms with Gasteiger partial charge in [-0.2, -0.15) is 10.1 Å². The minimum atomic E-state index is -0.0304. The summed E-state index contributed by atoms with van der Waals surface area (Å²) in [6.45, 7) is 5.28. The molecular formula is C24H24N6O2.